The highest BCUT2D eigenvalue weighted by Gasteiger charge is 1.88. The summed E-state index contributed by atoms with van der Waals surface area (Å²) in [6, 6.07) is 1.96. The van der Waals surface area contributed by atoms with Crippen LogP contribution >= 0.6 is 0 Å². The molecule has 0 amide bonds. The monoisotopic (exact) mass is 136 g/mol. The summed E-state index contributed by atoms with van der Waals surface area (Å²) in [5.74, 6) is 0. The van der Waals surface area contributed by atoms with Crippen LogP contribution in [0.1, 0.15) is 5.56 Å². The molecule has 0 aliphatic heterocycles. The van der Waals surface area contributed by atoms with Crippen molar-refractivity contribution >= 4 is 6.08 Å². The Bertz CT molecular complexity index is 222. The summed E-state index contributed by atoms with van der Waals surface area (Å²) in [5.41, 5.74) is 1.17. The Morgan fingerprint density at radius 1 is 1.70 bits per heavy atom. The minimum absolute atomic E-state index is 0.529. The fourth-order valence-electron chi connectivity index (χ4n) is 0.745. The van der Waals surface area contributed by atoms with Gasteiger partial charge in [-0.2, -0.15) is 0 Å². The van der Waals surface area contributed by atoms with Crippen molar-refractivity contribution in [3.8, 4) is 0 Å². The van der Waals surface area contributed by atoms with Crippen molar-refractivity contribution in [1.29, 1.82) is 0 Å². The lowest BCUT2D eigenvalue weighted by molar-refractivity contribution is 0.563. The molecule has 0 atom stereocenters. The van der Waals surface area contributed by atoms with Crippen LogP contribution in [0.15, 0.2) is 23.5 Å². The van der Waals surface area contributed by atoms with Gasteiger partial charge in [0, 0.05) is 12.4 Å². The first-order valence-corrected chi connectivity index (χ1v) is 3.09. The van der Waals surface area contributed by atoms with E-state index in [1.165, 1.54) is 11.6 Å². The molecule has 1 aromatic rings. The number of aromatic nitrogens is 1. The molecule has 0 saturated heterocycles. The summed E-state index contributed by atoms with van der Waals surface area (Å²) in [6.45, 7) is 0.529. The third-order valence-corrected chi connectivity index (χ3v) is 1.24. The van der Waals surface area contributed by atoms with Crippen LogP contribution < -0.4 is 0 Å². The van der Waals surface area contributed by atoms with Gasteiger partial charge < -0.3 is 4.98 Å². The first kappa shape index (κ1) is 6.78. The molecule has 0 spiro atoms. The molecule has 0 aliphatic carbocycles. The zero-order valence-electron chi connectivity index (χ0n) is 5.50. The first-order valence-electron chi connectivity index (χ1n) is 3.09. The molecule has 0 unspecified atom stereocenters. The molecule has 52 valence electrons. The van der Waals surface area contributed by atoms with Crippen molar-refractivity contribution in [2.45, 2.75) is 6.42 Å². The standard InChI is InChI=1S/C7H8N2O/c10-6-9-4-2-7-1-3-8-5-7/h1,3,5,8H,2,4H2. The molecule has 1 heterocycles. The summed E-state index contributed by atoms with van der Waals surface area (Å²) < 4.78 is 0. The lowest BCUT2D eigenvalue weighted by Crippen LogP contribution is -1.84. The number of aliphatic imine (C=N–C) groups is 1. The fraction of sp³-hybridized carbons (Fsp3) is 0.286. The third-order valence-electron chi connectivity index (χ3n) is 1.24. The number of carbonyl (C=O) groups excluding carboxylic acids is 1. The molecule has 3 nitrogen and oxygen atoms in total. The second-order valence-corrected chi connectivity index (χ2v) is 1.94. The van der Waals surface area contributed by atoms with E-state index in [1.54, 1.807) is 0 Å². The van der Waals surface area contributed by atoms with E-state index in [0.29, 0.717) is 6.54 Å². The minimum Gasteiger partial charge on any atom is -0.367 e. The predicted octanol–water partition coefficient (Wildman–Crippen LogP) is 0.893. The predicted molar refractivity (Wildman–Crippen MR) is 37.5 cm³/mol. The van der Waals surface area contributed by atoms with Crippen molar-refractivity contribution in [2.75, 3.05) is 6.54 Å². The van der Waals surface area contributed by atoms with E-state index in [-0.39, 0.29) is 0 Å². The van der Waals surface area contributed by atoms with Gasteiger partial charge in [0.1, 0.15) is 0 Å². The highest BCUT2D eigenvalue weighted by Crippen LogP contribution is 1.96. The highest BCUT2D eigenvalue weighted by molar-refractivity contribution is 5.32. The lowest BCUT2D eigenvalue weighted by Gasteiger charge is -1.86. The molecule has 0 fully saturated rings. The van der Waals surface area contributed by atoms with E-state index < -0.39 is 0 Å². The molecule has 10 heavy (non-hydrogen) atoms. The van der Waals surface area contributed by atoms with Gasteiger partial charge in [-0.25, -0.2) is 9.79 Å². The Labute approximate surface area is 58.8 Å². The smallest absolute Gasteiger partial charge is 0.234 e. The average molecular weight is 136 g/mol. The second kappa shape index (κ2) is 3.64. The topological polar surface area (TPSA) is 45.2 Å². The van der Waals surface area contributed by atoms with Gasteiger partial charge in [0.2, 0.25) is 6.08 Å². The third kappa shape index (κ3) is 1.88. The lowest BCUT2D eigenvalue weighted by atomic mass is 10.2. The molecular weight excluding hydrogens is 128 g/mol. The molecule has 1 rings (SSSR count). The summed E-state index contributed by atoms with van der Waals surface area (Å²) in [6.07, 6.45) is 6.04. The van der Waals surface area contributed by atoms with Crippen LogP contribution in [0.3, 0.4) is 0 Å². The van der Waals surface area contributed by atoms with E-state index in [9.17, 15) is 4.79 Å². The number of nitrogens with zero attached hydrogens (tertiary/aromatic N) is 1. The molecule has 0 bridgehead atoms. The summed E-state index contributed by atoms with van der Waals surface area (Å²) >= 11 is 0. The molecule has 1 aromatic heterocycles. The van der Waals surface area contributed by atoms with Crippen molar-refractivity contribution < 1.29 is 4.79 Å². The van der Waals surface area contributed by atoms with Gasteiger partial charge >= 0.3 is 0 Å². The van der Waals surface area contributed by atoms with Gasteiger partial charge in [0.05, 0.1) is 6.54 Å². The molecule has 0 aromatic carbocycles. The zero-order chi connectivity index (χ0) is 7.23. The molecular formula is C7H8N2O. The van der Waals surface area contributed by atoms with Gasteiger partial charge in [0.15, 0.2) is 0 Å². The maximum absolute atomic E-state index is 9.63. The van der Waals surface area contributed by atoms with Crippen LogP contribution in [-0.2, 0) is 11.2 Å². The maximum atomic E-state index is 9.63. The summed E-state index contributed by atoms with van der Waals surface area (Å²) in [4.78, 5) is 16.0. The summed E-state index contributed by atoms with van der Waals surface area (Å²) in [5, 5.41) is 0. The van der Waals surface area contributed by atoms with E-state index in [4.69, 9.17) is 0 Å². The van der Waals surface area contributed by atoms with Crippen molar-refractivity contribution in [2.24, 2.45) is 4.99 Å². The van der Waals surface area contributed by atoms with Crippen LogP contribution in [0.2, 0.25) is 0 Å². The number of nitrogens with one attached hydrogen (secondary N) is 1. The Kier molecular flexibility index (Phi) is 2.47. The van der Waals surface area contributed by atoms with Gasteiger partial charge in [0.25, 0.3) is 0 Å². The number of hydrogen-bond donors (Lipinski definition) is 1. The number of hydrogen-bond acceptors (Lipinski definition) is 2. The number of H-pyrrole nitrogens is 1. The number of isocyanates is 1. The number of aromatic amines is 1. The Morgan fingerprint density at radius 3 is 3.20 bits per heavy atom. The number of rotatable bonds is 3. The summed E-state index contributed by atoms with van der Waals surface area (Å²) in [7, 11) is 0. The average Bonchev–Trinajstić information content (AvgIpc) is 2.41. The molecule has 1 N–H and O–H groups in total. The van der Waals surface area contributed by atoms with Crippen LogP contribution in [-0.4, -0.2) is 17.6 Å². The van der Waals surface area contributed by atoms with Crippen LogP contribution in [0.5, 0.6) is 0 Å². The Morgan fingerprint density at radius 2 is 2.60 bits per heavy atom. The first-order chi connectivity index (χ1) is 4.93. The van der Waals surface area contributed by atoms with Crippen LogP contribution in [0.25, 0.3) is 0 Å². The van der Waals surface area contributed by atoms with Crippen molar-refractivity contribution in [1.82, 2.24) is 4.98 Å². The van der Waals surface area contributed by atoms with E-state index in [0.717, 1.165) is 6.42 Å². The van der Waals surface area contributed by atoms with Crippen LogP contribution in [0.4, 0.5) is 0 Å². The van der Waals surface area contributed by atoms with E-state index in [2.05, 4.69) is 9.98 Å². The molecule has 0 aliphatic rings. The van der Waals surface area contributed by atoms with E-state index in [1.807, 2.05) is 18.5 Å². The van der Waals surface area contributed by atoms with Gasteiger partial charge in [-0.1, -0.05) is 0 Å². The maximum Gasteiger partial charge on any atom is 0.234 e. The van der Waals surface area contributed by atoms with Crippen molar-refractivity contribution in [3.63, 3.8) is 0 Å². The van der Waals surface area contributed by atoms with Gasteiger partial charge in [-0.15, -0.1) is 0 Å². The molecule has 0 radical (unpaired) electrons. The van der Waals surface area contributed by atoms with Gasteiger partial charge in [-0.3, -0.25) is 0 Å². The zero-order valence-corrected chi connectivity index (χ0v) is 5.50. The fourth-order valence-corrected chi connectivity index (χ4v) is 0.745. The Balaban J connectivity index is 2.34. The highest BCUT2D eigenvalue weighted by atomic mass is 16.1. The largest absolute Gasteiger partial charge is 0.367 e. The molecule has 0 saturated carbocycles. The molecule has 3 heteroatoms. The Hall–Kier alpha value is -1.34. The van der Waals surface area contributed by atoms with Crippen LogP contribution in [0, 0.1) is 0 Å². The van der Waals surface area contributed by atoms with Crippen molar-refractivity contribution in [3.05, 3.63) is 24.0 Å². The van der Waals surface area contributed by atoms with E-state index >= 15 is 0 Å². The minimum atomic E-state index is 0.529. The quantitative estimate of drug-likeness (QED) is 0.486. The SMILES string of the molecule is O=C=NCCc1cc[nH]c1. The second-order valence-electron chi connectivity index (χ2n) is 1.94. The van der Waals surface area contributed by atoms with Gasteiger partial charge in [-0.05, 0) is 18.1 Å². The normalized spacial score (nSPS) is 8.80.